The van der Waals surface area contributed by atoms with E-state index < -0.39 is 0 Å². The zero-order chi connectivity index (χ0) is 14.2. The summed E-state index contributed by atoms with van der Waals surface area (Å²) < 4.78 is 0. The van der Waals surface area contributed by atoms with Crippen molar-refractivity contribution >= 4 is 0 Å². The van der Waals surface area contributed by atoms with Crippen molar-refractivity contribution in [2.45, 2.75) is 104 Å². The fraction of sp³-hybridized carbons (Fsp3) is 0.895. The minimum atomic E-state index is 0.963. The number of hydrogen-bond acceptors (Lipinski definition) is 0. The highest BCUT2D eigenvalue weighted by Gasteiger charge is 2.00. The van der Waals surface area contributed by atoms with Crippen LogP contribution >= 0.6 is 0 Å². The van der Waals surface area contributed by atoms with Crippen LogP contribution in [0, 0.1) is 5.92 Å². The first-order chi connectivity index (χ1) is 9.31. The van der Waals surface area contributed by atoms with E-state index in [0.29, 0.717) is 0 Å². The van der Waals surface area contributed by atoms with E-state index in [4.69, 9.17) is 0 Å². The zero-order valence-electron chi connectivity index (χ0n) is 13.8. The molecule has 0 aromatic heterocycles. The molecule has 1 atom stereocenters. The lowest BCUT2D eigenvalue weighted by Gasteiger charge is -2.10. The summed E-state index contributed by atoms with van der Waals surface area (Å²) in [4.78, 5) is 0. The molecule has 0 N–H and O–H groups in total. The first-order valence-corrected chi connectivity index (χ1v) is 8.92. The first-order valence-electron chi connectivity index (χ1n) is 8.92. The van der Waals surface area contributed by atoms with E-state index in [0.717, 1.165) is 5.92 Å². The van der Waals surface area contributed by atoms with Crippen LogP contribution in [0.5, 0.6) is 0 Å². The van der Waals surface area contributed by atoms with Gasteiger partial charge in [0.25, 0.3) is 0 Å². The first kappa shape index (κ1) is 18.7. The molecule has 0 saturated heterocycles. The van der Waals surface area contributed by atoms with Crippen LogP contribution in [0.3, 0.4) is 0 Å². The Balaban J connectivity index is 3.04. The molecule has 0 spiro atoms. The normalized spacial score (nSPS) is 12.5. The van der Waals surface area contributed by atoms with Gasteiger partial charge in [-0.25, -0.2) is 0 Å². The average Bonchev–Trinajstić information content (AvgIpc) is 2.42. The van der Waals surface area contributed by atoms with E-state index in [9.17, 15) is 0 Å². The molecule has 19 heavy (non-hydrogen) atoms. The molecule has 0 nitrogen and oxygen atoms in total. The summed E-state index contributed by atoms with van der Waals surface area (Å²) in [6, 6.07) is 0. The quantitative estimate of drug-likeness (QED) is 0.216. The maximum Gasteiger partial charge on any atom is -0.0353 e. The Labute approximate surface area is 123 Å². The number of unbranched alkanes of at least 4 members (excludes halogenated alkanes) is 10. The minimum absolute atomic E-state index is 0.963. The summed E-state index contributed by atoms with van der Waals surface area (Å²) in [6.45, 7) is 8.49. The highest BCUT2D eigenvalue weighted by Crippen LogP contribution is 2.17. The van der Waals surface area contributed by atoms with Gasteiger partial charge < -0.3 is 0 Å². The molecular formula is C19H38. The molecule has 0 aromatic rings. The highest BCUT2D eigenvalue weighted by molar-refractivity contribution is 4.65. The van der Waals surface area contributed by atoms with Gasteiger partial charge in [-0.3, -0.25) is 0 Å². The van der Waals surface area contributed by atoms with Crippen LogP contribution in [0.4, 0.5) is 0 Å². The number of allylic oxidation sites excluding steroid dienone is 1. The Morgan fingerprint density at radius 1 is 0.737 bits per heavy atom. The molecule has 0 heterocycles. The monoisotopic (exact) mass is 266 g/mol. The Bertz CT molecular complexity index is 171. The predicted octanol–water partition coefficient (Wildman–Crippen LogP) is 7.29. The van der Waals surface area contributed by atoms with Gasteiger partial charge in [0.05, 0.1) is 0 Å². The van der Waals surface area contributed by atoms with Gasteiger partial charge in [0.1, 0.15) is 0 Å². The molecule has 0 aliphatic carbocycles. The van der Waals surface area contributed by atoms with Gasteiger partial charge in [-0.05, 0) is 18.8 Å². The second kappa shape index (κ2) is 15.8. The van der Waals surface area contributed by atoms with Gasteiger partial charge in [0.15, 0.2) is 0 Å². The summed E-state index contributed by atoms with van der Waals surface area (Å²) in [5.41, 5.74) is 0. The molecule has 0 unspecified atom stereocenters. The molecule has 0 rings (SSSR count). The molecule has 114 valence electrons. The van der Waals surface area contributed by atoms with Crippen molar-refractivity contribution in [3.8, 4) is 0 Å². The van der Waals surface area contributed by atoms with Crippen molar-refractivity contribution in [2.75, 3.05) is 0 Å². The van der Waals surface area contributed by atoms with Crippen molar-refractivity contribution in [2.24, 2.45) is 5.92 Å². The summed E-state index contributed by atoms with van der Waals surface area (Å²) in [5.74, 6) is 0.963. The number of rotatable bonds is 15. The third-order valence-corrected chi connectivity index (χ3v) is 4.16. The molecule has 0 amide bonds. The number of hydrogen-bond donors (Lipinski definition) is 0. The Morgan fingerprint density at radius 2 is 1.21 bits per heavy atom. The van der Waals surface area contributed by atoms with Crippen LogP contribution in [-0.4, -0.2) is 0 Å². The topological polar surface area (TPSA) is 0 Å². The molecular weight excluding hydrogens is 228 g/mol. The maximum atomic E-state index is 3.77. The van der Waals surface area contributed by atoms with Gasteiger partial charge in [-0.1, -0.05) is 97.0 Å². The molecule has 0 radical (unpaired) electrons. The Hall–Kier alpha value is -0.260. The van der Waals surface area contributed by atoms with E-state index in [1.165, 1.54) is 89.9 Å². The van der Waals surface area contributed by atoms with Crippen LogP contribution in [-0.2, 0) is 0 Å². The third kappa shape index (κ3) is 15.7. The van der Waals surface area contributed by atoms with Crippen molar-refractivity contribution in [3.05, 3.63) is 12.7 Å². The molecule has 0 bridgehead atoms. The molecule has 0 aromatic carbocycles. The predicted molar refractivity (Wildman–Crippen MR) is 89.7 cm³/mol. The van der Waals surface area contributed by atoms with E-state index >= 15 is 0 Å². The zero-order valence-corrected chi connectivity index (χ0v) is 13.8. The SMILES string of the molecule is C=CCCCCCCCCCCC[C@H](C)CCCC. The average molecular weight is 267 g/mol. The van der Waals surface area contributed by atoms with Crippen LogP contribution in [0.2, 0.25) is 0 Å². The summed E-state index contributed by atoms with van der Waals surface area (Å²) >= 11 is 0. The molecule has 0 fully saturated rings. The summed E-state index contributed by atoms with van der Waals surface area (Å²) in [5, 5.41) is 0. The molecule has 0 aliphatic rings. The van der Waals surface area contributed by atoms with E-state index in [1.54, 1.807) is 0 Å². The minimum Gasteiger partial charge on any atom is -0.103 e. The van der Waals surface area contributed by atoms with E-state index in [1.807, 2.05) is 6.08 Å². The van der Waals surface area contributed by atoms with Crippen LogP contribution in [0.25, 0.3) is 0 Å². The van der Waals surface area contributed by atoms with Crippen LogP contribution in [0.1, 0.15) is 104 Å². The summed E-state index contributed by atoms with van der Waals surface area (Å²) in [7, 11) is 0. The molecule has 0 heteroatoms. The lowest BCUT2D eigenvalue weighted by molar-refractivity contribution is 0.440. The smallest absolute Gasteiger partial charge is 0.0353 e. The lowest BCUT2D eigenvalue weighted by Crippen LogP contribution is -1.94. The van der Waals surface area contributed by atoms with Gasteiger partial charge in [0, 0.05) is 0 Å². The summed E-state index contributed by atoms with van der Waals surface area (Å²) in [6.07, 6.45) is 21.9. The largest absolute Gasteiger partial charge is 0.103 e. The van der Waals surface area contributed by atoms with Crippen molar-refractivity contribution in [1.82, 2.24) is 0 Å². The lowest BCUT2D eigenvalue weighted by atomic mass is 9.97. The third-order valence-electron chi connectivity index (χ3n) is 4.16. The van der Waals surface area contributed by atoms with Crippen LogP contribution in [0.15, 0.2) is 12.7 Å². The van der Waals surface area contributed by atoms with Crippen LogP contribution < -0.4 is 0 Å². The highest BCUT2D eigenvalue weighted by atomic mass is 14.1. The maximum absolute atomic E-state index is 3.77. The van der Waals surface area contributed by atoms with Crippen molar-refractivity contribution in [3.63, 3.8) is 0 Å². The van der Waals surface area contributed by atoms with Gasteiger partial charge in [-0.2, -0.15) is 0 Å². The molecule has 0 saturated carbocycles. The van der Waals surface area contributed by atoms with Crippen molar-refractivity contribution in [1.29, 1.82) is 0 Å². The van der Waals surface area contributed by atoms with Gasteiger partial charge in [-0.15, -0.1) is 6.58 Å². The Morgan fingerprint density at radius 3 is 1.74 bits per heavy atom. The van der Waals surface area contributed by atoms with E-state index in [2.05, 4.69) is 20.4 Å². The van der Waals surface area contributed by atoms with Gasteiger partial charge >= 0.3 is 0 Å². The fourth-order valence-electron chi connectivity index (χ4n) is 2.72. The Kier molecular flexibility index (Phi) is 15.6. The second-order valence-corrected chi connectivity index (χ2v) is 6.30. The van der Waals surface area contributed by atoms with Gasteiger partial charge in [0.2, 0.25) is 0 Å². The van der Waals surface area contributed by atoms with Crippen molar-refractivity contribution < 1.29 is 0 Å². The van der Waals surface area contributed by atoms with E-state index in [-0.39, 0.29) is 0 Å². The second-order valence-electron chi connectivity index (χ2n) is 6.30. The standard InChI is InChI=1S/C19H38/c1-4-6-8-9-10-11-12-13-14-15-16-18-19(3)17-7-5-2/h4,19H,1,5-18H2,2-3H3/t19-/m1/s1. The molecule has 0 aliphatic heterocycles. The fourth-order valence-corrected chi connectivity index (χ4v) is 2.72.